The molecule has 0 aromatic heterocycles. The number of rotatable bonds is 3. The Morgan fingerprint density at radius 3 is 2.95 bits per heavy atom. The smallest absolute Gasteiger partial charge is 0.251 e. The van der Waals surface area contributed by atoms with Gasteiger partial charge in [-0.25, -0.2) is 0 Å². The number of benzene rings is 2. The van der Waals surface area contributed by atoms with Crippen LogP contribution in [0.15, 0.2) is 42.5 Å². The average molecular weight is 296 g/mol. The van der Waals surface area contributed by atoms with E-state index in [1.807, 2.05) is 12.1 Å². The molecule has 0 saturated heterocycles. The minimum absolute atomic E-state index is 0.0111. The van der Waals surface area contributed by atoms with E-state index in [-0.39, 0.29) is 11.9 Å². The van der Waals surface area contributed by atoms with Crippen LogP contribution < -0.4 is 15.4 Å². The fraction of sp³-hybridized carbons (Fsp3) is 0.278. The van der Waals surface area contributed by atoms with Gasteiger partial charge in [-0.15, -0.1) is 0 Å². The van der Waals surface area contributed by atoms with Gasteiger partial charge in [-0.1, -0.05) is 29.8 Å². The first kappa shape index (κ1) is 14.6. The Morgan fingerprint density at radius 1 is 1.27 bits per heavy atom. The third-order valence-electron chi connectivity index (χ3n) is 3.98. The van der Waals surface area contributed by atoms with Gasteiger partial charge in [-0.2, -0.15) is 0 Å². The van der Waals surface area contributed by atoms with Gasteiger partial charge in [-0.3, -0.25) is 4.79 Å². The van der Waals surface area contributed by atoms with Gasteiger partial charge in [0.25, 0.3) is 5.91 Å². The third kappa shape index (κ3) is 2.97. The predicted molar refractivity (Wildman–Crippen MR) is 86.1 cm³/mol. The van der Waals surface area contributed by atoms with Gasteiger partial charge in [-0.05, 0) is 36.2 Å². The van der Waals surface area contributed by atoms with Crippen LogP contribution in [0.25, 0.3) is 0 Å². The Balaban J connectivity index is 1.80. The fourth-order valence-corrected chi connectivity index (χ4v) is 2.82. The van der Waals surface area contributed by atoms with E-state index in [0.29, 0.717) is 11.3 Å². The van der Waals surface area contributed by atoms with Crippen LogP contribution in [0.5, 0.6) is 5.75 Å². The fourth-order valence-electron chi connectivity index (χ4n) is 2.82. The van der Waals surface area contributed by atoms with E-state index in [1.165, 1.54) is 16.7 Å². The van der Waals surface area contributed by atoms with Gasteiger partial charge >= 0.3 is 0 Å². The lowest BCUT2D eigenvalue weighted by Crippen LogP contribution is -2.39. The summed E-state index contributed by atoms with van der Waals surface area (Å²) in [6, 6.07) is 13.6. The Hall–Kier alpha value is -2.33. The van der Waals surface area contributed by atoms with E-state index < -0.39 is 0 Å². The Labute approximate surface area is 130 Å². The van der Waals surface area contributed by atoms with E-state index in [0.717, 1.165) is 13.1 Å². The van der Waals surface area contributed by atoms with Crippen molar-refractivity contribution in [3.05, 3.63) is 64.7 Å². The van der Waals surface area contributed by atoms with Crippen LogP contribution in [-0.2, 0) is 6.54 Å². The summed E-state index contributed by atoms with van der Waals surface area (Å²) in [5, 5.41) is 6.46. The average Bonchev–Trinajstić information content (AvgIpc) is 2.54. The van der Waals surface area contributed by atoms with E-state index in [2.05, 4.69) is 35.8 Å². The van der Waals surface area contributed by atoms with Gasteiger partial charge in [0.05, 0.1) is 13.2 Å². The van der Waals surface area contributed by atoms with Crippen molar-refractivity contribution in [1.82, 2.24) is 10.6 Å². The largest absolute Gasteiger partial charge is 0.497 e. The van der Waals surface area contributed by atoms with Crippen molar-refractivity contribution in [3.63, 3.8) is 0 Å². The molecule has 3 rings (SSSR count). The van der Waals surface area contributed by atoms with Crippen LogP contribution in [0.1, 0.15) is 33.1 Å². The summed E-state index contributed by atoms with van der Waals surface area (Å²) in [6.07, 6.45) is 0. The molecular weight excluding hydrogens is 276 g/mol. The quantitative estimate of drug-likeness (QED) is 0.915. The number of hydrogen-bond acceptors (Lipinski definition) is 3. The molecule has 2 aromatic rings. The zero-order chi connectivity index (χ0) is 15.5. The second kappa shape index (κ2) is 6.20. The lowest BCUT2D eigenvalue weighted by molar-refractivity contribution is 0.0934. The SMILES string of the molecule is COc1cccc(C(=O)NC2CNCc3cc(C)ccc32)c1. The normalized spacial score (nSPS) is 16.7. The number of amides is 1. The summed E-state index contributed by atoms with van der Waals surface area (Å²) in [5.41, 5.74) is 4.29. The van der Waals surface area contributed by atoms with Crippen LogP contribution >= 0.6 is 0 Å². The molecule has 1 aliphatic rings. The van der Waals surface area contributed by atoms with Gasteiger partial charge < -0.3 is 15.4 Å². The minimum atomic E-state index is -0.0841. The molecule has 1 atom stereocenters. The Bertz CT molecular complexity index is 697. The highest BCUT2D eigenvalue weighted by atomic mass is 16.5. The van der Waals surface area contributed by atoms with E-state index >= 15 is 0 Å². The van der Waals surface area contributed by atoms with Crippen LogP contribution in [0.3, 0.4) is 0 Å². The highest BCUT2D eigenvalue weighted by Gasteiger charge is 2.22. The maximum Gasteiger partial charge on any atom is 0.251 e. The molecule has 0 bridgehead atoms. The van der Waals surface area contributed by atoms with E-state index in [1.54, 1.807) is 19.2 Å². The molecular formula is C18H20N2O2. The van der Waals surface area contributed by atoms with Crippen molar-refractivity contribution in [2.24, 2.45) is 0 Å². The summed E-state index contributed by atoms with van der Waals surface area (Å²) >= 11 is 0. The molecule has 0 spiro atoms. The van der Waals surface area contributed by atoms with Crippen LogP contribution in [0, 0.1) is 6.92 Å². The monoisotopic (exact) mass is 296 g/mol. The molecule has 2 N–H and O–H groups in total. The molecule has 1 heterocycles. The molecule has 0 aliphatic carbocycles. The number of ether oxygens (including phenoxy) is 1. The zero-order valence-corrected chi connectivity index (χ0v) is 12.8. The molecule has 1 amide bonds. The molecule has 0 fully saturated rings. The van der Waals surface area contributed by atoms with Gasteiger partial charge in [0, 0.05) is 18.7 Å². The Morgan fingerprint density at radius 2 is 2.14 bits per heavy atom. The van der Waals surface area contributed by atoms with Crippen LogP contribution in [0.4, 0.5) is 0 Å². The van der Waals surface area contributed by atoms with Crippen molar-refractivity contribution in [2.75, 3.05) is 13.7 Å². The number of aryl methyl sites for hydroxylation is 1. The molecule has 114 valence electrons. The van der Waals surface area contributed by atoms with Crippen LogP contribution in [0.2, 0.25) is 0 Å². The first-order valence-electron chi connectivity index (χ1n) is 7.42. The number of carbonyl (C=O) groups is 1. The zero-order valence-electron chi connectivity index (χ0n) is 12.8. The number of hydrogen-bond donors (Lipinski definition) is 2. The molecule has 0 saturated carbocycles. The molecule has 1 unspecified atom stereocenters. The van der Waals surface area contributed by atoms with Crippen molar-refractivity contribution >= 4 is 5.91 Å². The first-order chi connectivity index (χ1) is 10.7. The number of fused-ring (bicyclic) bond motifs is 1. The lowest BCUT2D eigenvalue weighted by Gasteiger charge is -2.27. The van der Waals surface area contributed by atoms with Crippen molar-refractivity contribution in [1.29, 1.82) is 0 Å². The molecule has 2 aromatic carbocycles. The molecule has 4 heteroatoms. The third-order valence-corrected chi connectivity index (χ3v) is 3.98. The molecule has 1 aliphatic heterocycles. The van der Waals surface area contributed by atoms with Gasteiger partial charge in [0.15, 0.2) is 0 Å². The number of nitrogens with one attached hydrogen (secondary N) is 2. The van der Waals surface area contributed by atoms with Crippen molar-refractivity contribution < 1.29 is 9.53 Å². The van der Waals surface area contributed by atoms with Crippen molar-refractivity contribution in [2.45, 2.75) is 19.5 Å². The second-order valence-electron chi connectivity index (χ2n) is 5.59. The maximum atomic E-state index is 12.5. The predicted octanol–water partition coefficient (Wildman–Crippen LogP) is 2.58. The first-order valence-corrected chi connectivity index (χ1v) is 7.42. The molecule has 22 heavy (non-hydrogen) atoms. The maximum absolute atomic E-state index is 12.5. The van der Waals surface area contributed by atoms with Gasteiger partial charge in [0.2, 0.25) is 0 Å². The van der Waals surface area contributed by atoms with Gasteiger partial charge in [0.1, 0.15) is 5.75 Å². The summed E-state index contributed by atoms with van der Waals surface area (Å²) in [6.45, 7) is 3.67. The number of carbonyl (C=O) groups excluding carboxylic acids is 1. The second-order valence-corrected chi connectivity index (χ2v) is 5.59. The lowest BCUT2D eigenvalue weighted by atomic mass is 9.95. The van der Waals surface area contributed by atoms with Crippen molar-refractivity contribution in [3.8, 4) is 5.75 Å². The standard InChI is InChI=1S/C18H20N2O2/c1-12-6-7-16-14(8-12)10-19-11-17(16)20-18(21)13-4-3-5-15(9-13)22-2/h3-9,17,19H,10-11H2,1-2H3,(H,20,21). The van der Waals surface area contributed by atoms with E-state index in [9.17, 15) is 4.79 Å². The highest BCUT2D eigenvalue weighted by molar-refractivity contribution is 5.94. The Kier molecular flexibility index (Phi) is 4.11. The molecule has 4 nitrogen and oxygen atoms in total. The summed E-state index contributed by atoms with van der Waals surface area (Å²) < 4.78 is 5.17. The summed E-state index contributed by atoms with van der Waals surface area (Å²) in [4.78, 5) is 12.5. The molecule has 0 radical (unpaired) electrons. The number of methoxy groups -OCH3 is 1. The highest BCUT2D eigenvalue weighted by Crippen LogP contribution is 2.23. The topological polar surface area (TPSA) is 50.4 Å². The van der Waals surface area contributed by atoms with E-state index in [4.69, 9.17) is 4.74 Å². The summed E-state index contributed by atoms with van der Waals surface area (Å²) in [5.74, 6) is 0.601. The van der Waals surface area contributed by atoms with Crippen LogP contribution in [-0.4, -0.2) is 19.6 Å². The minimum Gasteiger partial charge on any atom is -0.497 e. The summed E-state index contributed by atoms with van der Waals surface area (Å²) in [7, 11) is 1.60.